The van der Waals surface area contributed by atoms with Crippen molar-refractivity contribution < 1.29 is 28.5 Å². The maximum atomic E-state index is 12.0. The van der Waals surface area contributed by atoms with Crippen LogP contribution in [-0.4, -0.2) is 55.0 Å². The first-order valence-corrected chi connectivity index (χ1v) is 6.44. The molecule has 0 unspecified atom stereocenters. The number of urea groups is 1. The van der Waals surface area contributed by atoms with E-state index in [9.17, 15) is 9.59 Å². The van der Waals surface area contributed by atoms with Crippen LogP contribution in [-0.2, 0) is 23.7 Å². The summed E-state index contributed by atoms with van der Waals surface area (Å²) in [4.78, 5) is 23.4. The van der Waals surface area contributed by atoms with E-state index in [1.165, 1.54) is 7.11 Å². The first-order chi connectivity index (χ1) is 9.27. The number of amides is 3. The van der Waals surface area contributed by atoms with Gasteiger partial charge in [-0.15, -0.1) is 0 Å². The van der Waals surface area contributed by atoms with Crippen molar-refractivity contribution in [2.24, 2.45) is 0 Å². The quantitative estimate of drug-likeness (QED) is 0.663. The van der Waals surface area contributed by atoms with Gasteiger partial charge in [0.1, 0.15) is 23.9 Å². The summed E-state index contributed by atoms with van der Waals surface area (Å²) in [5.41, 5.74) is -1.21. The molecule has 0 aromatic rings. The molecule has 3 aliphatic heterocycles. The molecule has 5 atom stereocenters. The van der Waals surface area contributed by atoms with E-state index in [4.69, 9.17) is 18.9 Å². The van der Waals surface area contributed by atoms with Crippen LogP contribution in [0.3, 0.4) is 0 Å². The molecular weight excluding hydrogens is 268 g/mol. The normalized spacial score (nSPS) is 46.2. The van der Waals surface area contributed by atoms with Gasteiger partial charge in [0.15, 0.2) is 12.1 Å². The molecule has 2 N–H and O–H groups in total. The molecule has 3 fully saturated rings. The Morgan fingerprint density at radius 2 is 1.80 bits per heavy atom. The molecule has 3 amide bonds. The Morgan fingerprint density at radius 1 is 1.15 bits per heavy atom. The molecule has 3 saturated heterocycles. The molecule has 3 rings (SSSR count). The number of nitrogens with one attached hydrogen (secondary N) is 2. The lowest BCUT2D eigenvalue weighted by Gasteiger charge is -2.31. The standard InChI is InChI=1S/C12H18N2O6/c1-11(2)19-5-6(20-11)8(17-4)18-7(5)12(3)9(15)13-10(16)14-12/h5-8H,1-4H3,(H2,13,14,15,16)/t5-,6+,7+,8+,12+/m0/s1. The molecule has 0 saturated carbocycles. The highest BCUT2D eigenvalue weighted by Gasteiger charge is 2.64. The Kier molecular flexibility index (Phi) is 2.85. The van der Waals surface area contributed by atoms with Crippen LogP contribution in [0, 0.1) is 0 Å². The Bertz CT molecular complexity index is 467. The minimum atomic E-state index is -1.21. The zero-order valence-corrected chi connectivity index (χ0v) is 11.8. The number of rotatable bonds is 2. The monoisotopic (exact) mass is 286 g/mol. The fraction of sp³-hybridized carbons (Fsp3) is 0.833. The van der Waals surface area contributed by atoms with Gasteiger partial charge in [0.25, 0.3) is 5.91 Å². The predicted octanol–water partition coefficient (Wildman–Crippen LogP) is -0.524. The molecule has 3 aliphatic rings. The highest BCUT2D eigenvalue weighted by atomic mass is 16.8. The third-order valence-electron chi connectivity index (χ3n) is 3.88. The number of carbonyl (C=O) groups excluding carboxylic acids is 2. The summed E-state index contributed by atoms with van der Waals surface area (Å²) in [6, 6.07) is -0.545. The summed E-state index contributed by atoms with van der Waals surface area (Å²) in [6.07, 6.45) is -2.27. The number of imide groups is 1. The second-order valence-corrected chi connectivity index (χ2v) is 5.84. The van der Waals surface area contributed by atoms with E-state index < -0.39 is 47.9 Å². The van der Waals surface area contributed by atoms with Crippen molar-refractivity contribution in [2.75, 3.05) is 7.11 Å². The predicted molar refractivity (Wildman–Crippen MR) is 64.6 cm³/mol. The molecule has 0 bridgehead atoms. The topological polar surface area (TPSA) is 95.1 Å². The van der Waals surface area contributed by atoms with Crippen LogP contribution in [0.5, 0.6) is 0 Å². The fourth-order valence-corrected chi connectivity index (χ4v) is 2.97. The summed E-state index contributed by atoms with van der Waals surface area (Å²) < 4.78 is 22.5. The largest absolute Gasteiger partial charge is 0.353 e. The molecule has 0 radical (unpaired) electrons. The van der Waals surface area contributed by atoms with Crippen LogP contribution >= 0.6 is 0 Å². The van der Waals surface area contributed by atoms with Gasteiger partial charge in [-0.05, 0) is 20.8 Å². The second kappa shape index (κ2) is 4.14. The van der Waals surface area contributed by atoms with E-state index in [1.807, 2.05) is 0 Å². The summed E-state index contributed by atoms with van der Waals surface area (Å²) in [5, 5.41) is 4.80. The van der Waals surface area contributed by atoms with Crippen molar-refractivity contribution in [3.63, 3.8) is 0 Å². The zero-order valence-electron chi connectivity index (χ0n) is 11.8. The first kappa shape index (κ1) is 13.7. The van der Waals surface area contributed by atoms with E-state index in [-0.39, 0.29) is 0 Å². The summed E-state index contributed by atoms with van der Waals surface area (Å²) >= 11 is 0. The van der Waals surface area contributed by atoms with Gasteiger partial charge in [-0.3, -0.25) is 10.1 Å². The Hall–Kier alpha value is -1.22. The van der Waals surface area contributed by atoms with Crippen molar-refractivity contribution >= 4 is 11.9 Å². The molecule has 20 heavy (non-hydrogen) atoms. The smallest absolute Gasteiger partial charge is 0.322 e. The Labute approximate surface area is 116 Å². The van der Waals surface area contributed by atoms with Gasteiger partial charge >= 0.3 is 6.03 Å². The zero-order chi connectivity index (χ0) is 14.7. The van der Waals surface area contributed by atoms with E-state index in [1.54, 1.807) is 20.8 Å². The maximum absolute atomic E-state index is 12.0. The Balaban J connectivity index is 1.91. The lowest BCUT2D eigenvalue weighted by Crippen LogP contribution is -2.58. The highest BCUT2D eigenvalue weighted by molar-refractivity contribution is 6.07. The van der Waals surface area contributed by atoms with Gasteiger partial charge < -0.3 is 24.3 Å². The van der Waals surface area contributed by atoms with Crippen LogP contribution in [0.25, 0.3) is 0 Å². The fourth-order valence-electron chi connectivity index (χ4n) is 2.97. The van der Waals surface area contributed by atoms with Crippen molar-refractivity contribution in [1.82, 2.24) is 10.6 Å². The average molecular weight is 286 g/mol. The third kappa shape index (κ3) is 1.83. The SMILES string of the molecule is CO[C@@H]1O[C@@H]([C@@]2(C)NC(=O)NC2=O)[C@H]2OC(C)(C)O[C@@H]12. The summed E-state index contributed by atoms with van der Waals surface area (Å²) in [5.74, 6) is -1.24. The molecule has 3 heterocycles. The molecule has 8 nitrogen and oxygen atoms in total. The van der Waals surface area contributed by atoms with Crippen molar-refractivity contribution in [3.05, 3.63) is 0 Å². The maximum Gasteiger partial charge on any atom is 0.322 e. The van der Waals surface area contributed by atoms with Crippen LogP contribution < -0.4 is 10.6 Å². The summed E-state index contributed by atoms with van der Waals surface area (Å²) in [6.45, 7) is 5.16. The molecule has 0 aromatic heterocycles. The average Bonchev–Trinajstić information content (AvgIpc) is 2.89. The van der Waals surface area contributed by atoms with Crippen LogP contribution in [0.15, 0.2) is 0 Å². The van der Waals surface area contributed by atoms with Crippen molar-refractivity contribution in [1.29, 1.82) is 0 Å². The molecule has 112 valence electrons. The van der Waals surface area contributed by atoms with Crippen LogP contribution in [0.2, 0.25) is 0 Å². The van der Waals surface area contributed by atoms with Crippen LogP contribution in [0.4, 0.5) is 4.79 Å². The van der Waals surface area contributed by atoms with Gasteiger partial charge in [-0.25, -0.2) is 4.79 Å². The minimum Gasteiger partial charge on any atom is -0.353 e. The van der Waals surface area contributed by atoms with E-state index in [2.05, 4.69) is 10.6 Å². The Morgan fingerprint density at radius 3 is 2.35 bits per heavy atom. The number of hydrogen-bond acceptors (Lipinski definition) is 6. The van der Waals surface area contributed by atoms with E-state index in [0.29, 0.717) is 0 Å². The van der Waals surface area contributed by atoms with Gasteiger partial charge in [0, 0.05) is 7.11 Å². The van der Waals surface area contributed by atoms with Crippen molar-refractivity contribution in [2.45, 2.75) is 56.7 Å². The minimum absolute atomic E-state index is 0.442. The number of ether oxygens (including phenoxy) is 4. The number of methoxy groups -OCH3 is 1. The molecular formula is C12H18N2O6. The lowest BCUT2D eigenvalue weighted by molar-refractivity contribution is -0.233. The first-order valence-electron chi connectivity index (χ1n) is 6.44. The third-order valence-corrected chi connectivity index (χ3v) is 3.88. The molecule has 0 aromatic carbocycles. The number of hydrogen-bond donors (Lipinski definition) is 2. The van der Waals surface area contributed by atoms with Gasteiger partial charge in [0.2, 0.25) is 0 Å². The molecule has 0 aliphatic carbocycles. The van der Waals surface area contributed by atoms with Gasteiger partial charge in [-0.2, -0.15) is 0 Å². The number of fused-ring (bicyclic) bond motifs is 1. The van der Waals surface area contributed by atoms with Gasteiger partial charge in [-0.1, -0.05) is 0 Å². The van der Waals surface area contributed by atoms with E-state index in [0.717, 1.165) is 0 Å². The van der Waals surface area contributed by atoms with Crippen LogP contribution in [0.1, 0.15) is 20.8 Å². The summed E-state index contributed by atoms with van der Waals surface area (Å²) in [7, 11) is 1.49. The van der Waals surface area contributed by atoms with E-state index >= 15 is 0 Å². The van der Waals surface area contributed by atoms with Gasteiger partial charge in [0.05, 0.1) is 0 Å². The van der Waals surface area contributed by atoms with Crippen molar-refractivity contribution in [3.8, 4) is 0 Å². The number of carbonyl (C=O) groups is 2. The molecule has 8 heteroatoms. The second-order valence-electron chi connectivity index (χ2n) is 5.84. The highest BCUT2D eigenvalue weighted by Crippen LogP contribution is 2.42. The lowest BCUT2D eigenvalue weighted by atomic mass is 9.90. The molecule has 0 spiro atoms.